The normalized spacial score (nSPS) is 17.9. The second-order valence-electron chi connectivity index (χ2n) is 5.60. The van der Waals surface area contributed by atoms with Gasteiger partial charge in [-0.1, -0.05) is 42.5 Å². The largest absolute Gasteiger partial charge is 0.356 e. The molecular formula is C18H19FN2S2. The molecule has 2 N–H and O–H groups in total. The molecule has 0 saturated carbocycles. The summed E-state index contributed by atoms with van der Waals surface area (Å²) >= 11 is 7.03. The second-order valence-corrected chi connectivity index (χ2v) is 7.11. The highest BCUT2D eigenvalue weighted by atomic mass is 32.2. The number of rotatable bonds is 3. The van der Waals surface area contributed by atoms with E-state index in [-0.39, 0.29) is 17.9 Å². The van der Waals surface area contributed by atoms with E-state index in [4.69, 9.17) is 12.2 Å². The molecule has 3 rings (SSSR count). The van der Waals surface area contributed by atoms with E-state index in [1.165, 1.54) is 11.6 Å². The van der Waals surface area contributed by atoms with Crippen LogP contribution in [0.3, 0.4) is 0 Å². The van der Waals surface area contributed by atoms with Crippen LogP contribution in [0, 0.1) is 5.82 Å². The van der Waals surface area contributed by atoms with E-state index in [0.29, 0.717) is 5.11 Å². The third-order valence-electron chi connectivity index (χ3n) is 3.98. The molecule has 1 aliphatic rings. The number of thiocarbonyl (C=S) groups is 1. The highest BCUT2D eigenvalue weighted by Gasteiger charge is 2.23. The molecule has 2 atom stereocenters. The van der Waals surface area contributed by atoms with Crippen LogP contribution in [0.2, 0.25) is 0 Å². The average molecular weight is 346 g/mol. The minimum absolute atomic E-state index is 0.0601. The van der Waals surface area contributed by atoms with Crippen molar-refractivity contribution in [3.05, 3.63) is 65.5 Å². The van der Waals surface area contributed by atoms with Gasteiger partial charge in [-0.25, -0.2) is 4.39 Å². The molecule has 0 aromatic heterocycles. The molecule has 0 aliphatic carbocycles. The van der Waals surface area contributed by atoms with Gasteiger partial charge in [-0.05, 0) is 42.8 Å². The lowest BCUT2D eigenvalue weighted by Gasteiger charge is -2.28. The molecular weight excluding hydrogens is 327 g/mol. The highest BCUT2D eigenvalue weighted by molar-refractivity contribution is 7.99. The van der Waals surface area contributed by atoms with Gasteiger partial charge in [0.25, 0.3) is 0 Å². The third-order valence-corrected chi connectivity index (χ3v) is 5.37. The SMILES string of the molecule is C[C@H](NC(=S)N[C@H]1CCSc2c(F)cccc21)c1ccccc1. The lowest BCUT2D eigenvalue weighted by Crippen LogP contribution is -2.40. The zero-order chi connectivity index (χ0) is 16.2. The molecule has 5 heteroatoms. The maximum absolute atomic E-state index is 13.9. The summed E-state index contributed by atoms with van der Waals surface area (Å²) in [7, 11) is 0. The summed E-state index contributed by atoms with van der Waals surface area (Å²) in [6, 6.07) is 15.6. The molecule has 0 bridgehead atoms. The first-order valence-corrected chi connectivity index (χ1v) is 9.07. The monoisotopic (exact) mass is 346 g/mol. The van der Waals surface area contributed by atoms with Crippen LogP contribution >= 0.6 is 24.0 Å². The summed E-state index contributed by atoms with van der Waals surface area (Å²) in [6.07, 6.45) is 0.933. The summed E-state index contributed by atoms with van der Waals surface area (Å²) in [5.74, 6) is 0.748. The van der Waals surface area contributed by atoms with Crippen molar-refractivity contribution in [3.63, 3.8) is 0 Å². The molecule has 0 radical (unpaired) electrons. The Kier molecular flexibility index (Phi) is 5.18. The fourth-order valence-electron chi connectivity index (χ4n) is 2.76. The first-order valence-electron chi connectivity index (χ1n) is 7.68. The van der Waals surface area contributed by atoms with Crippen LogP contribution in [-0.4, -0.2) is 10.9 Å². The van der Waals surface area contributed by atoms with Gasteiger partial charge >= 0.3 is 0 Å². The van der Waals surface area contributed by atoms with Crippen LogP contribution in [0.1, 0.15) is 36.6 Å². The van der Waals surface area contributed by atoms with Gasteiger partial charge in [-0.3, -0.25) is 0 Å². The number of benzene rings is 2. The smallest absolute Gasteiger partial charge is 0.167 e. The van der Waals surface area contributed by atoms with Crippen molar-refractivity contribution in [2.45, 2.75) is 30.3 Å². The van der Waals surface area contributed by atoms with Crippen LogP contribution in [0.4, 0.5) is 4.39 Å². The second kappa shape index (κ2) is 7.32. The van der Waals surface area contributed by atoms with E-state index in [1.54, 1.807) is 17.8 Å². The van der Waals surface area contributed by atoms with Crippen LogP contribution in [0.25, 0.3) is 0 Å². The molecule has 120 valence electrons. The van der Waals surface area contributed by atoms with Crippen LogP contribution in [-0.2, 0) is 0 Å². The van der Waals surface area contributed by atoms with Gasteiger partial charge in [0.2, 0.25) is 0 Å². The van der Waals surface area contributed by atoms with Crippen molar-refractivity contribution in [3.8, 4) is 0 Å². The van der Waals surface area contributed by atoms with E-state index < -0.39 is 0 Å². The van der Waals surface area contributed by atoms with Crippen LogP contribution in [0.15, 0.2) is 53.4 Å². The van der Waals surface area contributed by atoms with Gasteiger partial charge < -0.3 is 10.6 Å². The predicted molar refractivity (Wildman–Crippen MR) is 98.2 cm³/mol. The van der Waals surface area contributed by atoms with Crippen LogP contribution in [0.5, 0.6) is 0 Å². The summed E-state index contributed by atoms with van der Waals surface area (Å²) < 4.78 is 13.9. The molecule has 0 spiro atoms. The number of hydrogen-bond acceptors (Lipinski definition) is 2. The lowest BCUT2D eigenvalue weighted by molar-refractivity contribution is 0.553. The van der Waals surface area contributed by atoms with Crippen molar-refractivity contribution >= 4 is 29.1 Å². The Balaban J connectivity index is 1.67. The number of nitrogens with one attached hydrogen (secondary N) is 2. The van der Waals surface area contributed by atoms with Crippen molar-refractivity contribution < 1.29 is 4.39 Å². The molecule has 1 aliphatic heterocycles. The van der Waals surface area contributed by atoms with E-state index >= 15 is 0 Å². The minimum Gasteiger partial charge on any atom is -0.356 e. The molecule has 23 heavy (non-hydrogen) atoms. The van der Waals surface area contributed by atoms with Crippen molar-refractivity contribution in [1.82, 2.24) is 10.6 Å². The fourth-order valence-corrected chi connectivity index (χ4v) is 4.22. The van der Waals surface area contributed by atoms with E-state index in [2.05, 4.69) is 29.7 Å². The van der Waals surface area contributed by atoms with Gasteiger partial charge in [-0.2, -0.15) is 0 Å². The van der Waals surface area contributed by atoms with E-state index in [9.17, 15) is 4.39 Å². The van der Waals surface area contributed by atoms with Crippen molar-refractivity contribution in [1.29, 1.82) is 0 Å². The number of thioether (sulfide) groups is 1. The maximum Gasteiger partial charge on any atom is 0.167 e. The summed E-state index contributed by atoms with van der Waals surface area (Å²) in [6.45, 7) is 2.08. The van der Waals surface area contributed by atoms with Gasteiger partial charge in [0.05, 0.1) is 12.1 Å². The molecule has 2 aromatic rings. The Morgan fingerprint density at radius 1 is 1.22 bits per heavy atom. The number of fused-ring (bicyclic) bond motifs is 1. The van der Waals surface area contributed by atoms with Crippen molar-refractivity contribution in [2.24, 2.45) is 0 Å². The molecule has 1 heterocycles. The first-order chi connectivity index (χ1) is 11.1. The van der Waals surface area contributed by atoms with Gasteiger partial charge in [0.1, 0.15) is 5.82 Å². The Morgan fingerprint density at radius 3 is 2.78 bits per heavy atom. The van der Waals surface area contributed by atoms with E-state index in [1.807, 2.05) is 24.3 Å². The molecule has 0 amide bonds. The number of halogens is 1. The molecule has 2 aromatic carbocycles. The lowest BCUT2D eigenvalue weighted by atomic mass is 10.0. The fraction of sp³-hybridized carbons (Fsp3) is 0.278. The highest BCUT2D eigenvalue weighted by Crippen LogP contribution is 2.37. The Bertz CT molecular complexity index is 691. The first kappa shape index (κ1) is 16.3. The Morgan fingerprint density at radius 2 is 2.00 bits per heavy atom. The topological polar surface area (TPSA) is 24.1 Å². The zero-order valence-corrected chi connectivity index (χ0v) is 14.5. The Labute approximate surface area is 145 Å². The quantitative estimate of drug-likeness (QED) is 0.794. The summed E-state index contributed by atoms with van der Waals surface area (Å²) in [4.78, 5) is 0.746. The van der Waals surface area contributed by atoms with Crippen molar-refractivity contribution in [2.75, 3.05) is 5.75 Å². The van der Waals surface area contributed by atoms with Gasteiger partial charge in [0.15, 0.2) is 5.11 Å². The summed E-state index contributed by atoms with van der Waals surface area (Å²) in [5, 5.41) is 7.26. The van der Waals surface area contributed by atoms with Crippen LogP contribution < -0.4 is 10.6 Å². The average Bonchev–Trinajstić information content (AvgIpc) is 2.56. The molecule has 0 unspecified atom stereocenters. The van der Waals surface area contributed by atoms with Gasteiger partial charge in [-0.15, -0.1) is 11.8 Å². The standard InChI is InChI=1S/C18H19FN2S2/c1-12(13-6-3-2-4-7-13)20-18(22)21-16-10-11-23-17-14(16)8-5-9-15(17)19/h2-9,12,16H,10-11H2,1H3,(H2,20,21,22)/t12-,16-/m0/s1. The predicted octanol–water partition coefficient (Wildman–Crippen LogP) is 4.59. The third kappa shape index (κ3) is 3.85. The summed E-state index contributed by atoms with van der Waals surface area (Å²) in [5.41, 5.74) is 2.18. The molecule has 0 fully saturated rings. The zero-order valence-electron chi connectivity index (χ0n) is 12.9. The Hall–Kier alpha value is -1.59. The molecule has 2 nitrogen and oxygen atoms in total. The molecule has 0 saturated heterocycles. The minimum atomic E-state index is -0.143. The van der Waals surface area contributed by atoms with E-state index in [0.717, 1.165) is 22.6 Å². The number of hydrogen-bond donors (Lipinski definition) is 2. The maximum atomic E-state index is 13.9. The van der Waals surface area contributed by atoms with Gasteiger partial charge in [0, 0.05) is 10.6 Å².